The summed E-state index contributed by atoms with van der Waals surface area (Å²) < 4.78 is 15.4. The Morgan fingerprint density at radius 1 is 1.08 bits per heavy atom. The van der Waals surface area contributed by atoms with Crippen LogP contribution < -0.4 is 5.32 Å². The van der Waals surface area contributed by atoms with E-state index in [4.69, 9.17) is 23.2 Å². The summed E-state index contributed by atoms with van der Waals surface area (Å²) in [5.41, 5.74) is 0.842. The molecule has 0 aliphatic rings. The van der Waals surface area contributed by atoms with Gasteiger partial charge in [-0.2, -0.15) is 5.10 Å². The Morgan fingerprint density at radius 2 is 1.79 bits per heavy atom. The lowest BCUT2D eigenvalue weighted by Crippen LogP contribution is -2.17. The zero-order chi connectivity index (χ0) is 17.1. The number of carbonyl (C=O) groups is 1. The van der Waals surface area contributed by atoms with Gasteiger partial charge in [-0.1, -0.05) is 35.3 Å². The standard InChI is InChI=1S/C17H12Cl2FN3O/c18-12-3-1-11(2-4-12)10-23-16(7-8-21-23)22-17(24)14-9-13(19)5-6-15(14)20/h1-9H,10H2,(H,22,24). The van der Waals surface area contributed by atoms with E-state index in [0.717, 1.165) is 11.6 Å². The third-order valence-electron chi connectivity index (χ3n) is 3.38. The van der Waals surface area contributed by atoms with Crippen molar-refractivity contribution in [3.05, 3.63) is 81.7 Å². The van der Waals surface area contributed by atoms with Crippen LogP contribution in [0.2, 0.25) is 10.0 Å². The summed E-state index contributed by atoms with van der Waals surface area (Å²) in [7, 11) is 0. The van der Waals surface area contributed by atoms with Crippen LogP contribution in [-0.4, -0.2) is 15.7 Å². The van der Waals surface area contributed by atoms with Gasteiger partial charge in [0, 0.05) is 16.1 Å². The van der Waals surface area contributed by atoms with Gasteiger partial charge in [0.1, 0.15) is 11.6 Å². The summed E-state index contributed by atoms with van der Waals surface area (Å²) in [5.74, 6) is -0.775. The van der Waals surface area contributed by atoms with E-state index in [0.29, 0.717) is 17.4 Å². The van der Waals surface area contributed by atoms with Crippen LogP contribution in [-0.2, 0) is 6.54 Å². The second kappa shape index (κ2) is 7.03. The number of hydrogen-bond donors (Lipinski definition) is 1. The van der Waals surface area contributed by atoms with Crippen LogP contribution in [0.3, 0.4) is 0 Å². The van der Waals surface area contributed by atoms with Crippen LogP contribution in [0.5, 0.6) is 0 Å². The van der Waals surface area contributed by atoms with Crippen molar-refractivity contribution in [1.29, 1.82) is 0 Å². The van der Waals surface area contributed by atoms with Crippen LogP contribution in [0.15, 0.2) is 54.7 Å². The molecule has 0 unspecified atom stereocenters. The summed E-state index contributed by atoms with van der Waals surface area (Å²) in [6.07, 6.45) is 1.56. The molecule has 0 spiro atoms. The third-order valence-corrected chi connectivity index (χ3v) is 3.86. The summed E-state index contributed by atoms with van der Waals surface area (Å²) in [6, 6.07) is 12.8. The smallest absolute Gasteiger partial charge is 0.259 e. The molecule has 1 amide bonds. The van der Waals surface area contributed by atoms with Crippen molar-refractivity contribution in [3.63, 3.8) is 0 Å². The van der Waals surface area contributed by atoms with Gasteiger partial charge in [0.2, 0.25) is 0 Å². The Kier molecular flexibility index (Phi) is 4.83. The Hall–Kier alpha value is -2.37. The second-order valence-corrected chi connectivity index (χ2v) is 5.95. The van der Waals surface area contributed by atoms with Crippen LogP contribution in [0.1, 0.15) is 15.9 Å². The van der Waals surface area contributed by atoms with Gasteiger partial charge in [0.25, 0.3) is 5.91 Å². The SMILES string of the molecule is O=C(Nc1ccnn1Cc1ccc(Cl)cc1)c1cc(Cl)ccc1F. The van der Waals surface area contributed by atoms with Crippen molar-refractivity contribution in [1.82, 2.24) is 9.78 Å². The van der Waals surface area contributed by atoms with Gasteiger partial charge in [0.05, 0.1) is 18.3 Å². The number of hydrogen-bond acceptors (Lipinski definition) is 2. The maximum absolute atomic E-state index is 13.8. The van der Waals surface area contributed by atoms with Crippen LogP contribution in [0.25, 0.3) is 0 Å². The molecule has 2 aromatic carbocycles. The average molecular weight is 364 g/mol. The van der Waals surface area contributed by atoms with E-state index in [1.54, 1.807) is 29.1 Å². The van der Waals surface area contributed by atoms with Crippen molar-refractivity contribution in [2.45, 2.75) is 6.54 Å². The lowest BCUT2D eigenvalue weighted by Gasteiger charge is -2.10. The maximum Gasteiger partial charge on any atom is 0.259 e. The predicted molar refractivity (Wildman–Crippen MR) is 92.1 cm³/mol. The minimum absolute atomic E-state index is 0.123. The first-order valence-electron chi connectivity index (χ1n) is 7.05. The molecule has 0 saturated carbocycles. The minimum atomic E-state index is -0.638. The molecule has 0 bridgehead atoms. The molecule has 0 radical (unpaired) electrons. The quantitative estimate of drug-likeness (QED) is 0.734. The van der Waals surface area contributed by atoms with Crippen molar-refractivity contribution in [2.24, 2.45) is 0 Å². The van der Waals surface area contributed by atoms with E-state index in [1.807, 2.05) is 12.1 Å². The summed E-state index contributed by atoms with van der Waals surface area (Å²) in [5, 5.41) is 7.74. The Balaban J connectivity index is 1.79. The van der Waals surface area contributed by atoms with Gasteiger partial charge in [-0.05, 0) is 35.9 Å². The zero-order valence-electron chi connectivity index (χ0n) is 12.3. The molecule has 24 heavy (non-hydrogen) atoms. The van der Waals surface area contributed by atoms with Crippen LogP contribution >= 0.6 is 23.2 Å². The highest BCUT2D eigenvalue weighted by Gasteiger charge is 2.14. The molecule has 3 aromatic rings. The summed E-state index contributed by atoms with van der Waals surface area (Å²) >= 11 is 11.7. The zero-order valence-corrected chi connectivity index (χ0v) is 13.9. The molecule has 3 rings (SSSR count). The van der Waals surface area contributed by atoms with E-state index in [2.05, 4.69) is 10.4 Å². The van der Waals surface area contributed by atoms with Gasteiger partial charge in [-0.15, -0.1) is 0 Å². The fraction of sp³-hybridized carbons (Fsp3) is 0.0588. The first-order valence-corrected chi connectivity index (χ1v) is 7.81. The van der Waals surface area contributed by atoms with E-state index in [1.165, 1.54) is 12.1 Å². The molecular weight excluding hydrogens is 352 g/mol. The topological polar surface area (TPSA) is 46.9 Å². The largest absolute Gasteiger partial charge is 0.307 e. The highest BCUT2D eigenvalue weighted by Crippen LogP contribution is 2.18. The van der Waals surface area contributed by atoms with E-state index < -0.39 is 11.7 Å². The van der Waals surface area contributed by atoms with Crippen molar-refractivity contribution in [3.8, 4) is 0 Å². The number of halogens is 3. The van der Waals surface area contributed by atoms with Gasteiger partial charge < -0.3 is 5.32 Å². The van der Waals surface area contributed by atoms with Crippen molar-refractivity contribution >= 4 is 34.9 Å². The van der Waals surface area contributed by atoms with Gasteiger partial charge in [-0.25, -0.2) is 9.07 Å². The molecule has 4 nitrogen and oxygen atoms in total. The third kappa shape index (κ3) is 3.75. The molecule has 1 N–H and O–H groups in total. The molecule has 0 saturated heterocycles. The second-order valence-electron chi connectivity index (χ2n) is 5.08. The number of anilines is 1. The van der Waals surface area contributed by atoms with Gasteiger partial charge in [0.15, 0.2) is 0 Å². The summed E-state index contributed by atoms with van der Waals surface area (Å²) in [6.45, 7) is 0.442. The van der Waals surface area contributed by atoms with Crippen molar-refractivity contribution < 1.29 is 9.18 Å². The Morgan fingerprint density at radius 3 is 2.54 bits per heavy atom. The molecule has 1 aromatic heterocycles. The minimum Gasteiger partial charge on any atom is -0.307 e. The van der Waals surface area contributed by atoms with Gasteiger partial charge >= 0.3 is 0 Å². The number of benzene rings is 2. The van der Waals surface area contributed by atoms with Crippen molar-refractivity contribution in [2.75, 3.05) is 5.32 Å². The fourth-order valence-corrected chi connectivity index (χ4v) is 2.48. The molecule has 0 aliphatic carbocycles. The fourth-order valence-electron chi connectivity index (χ4n) is 2.18. The highest BCUT2D eigenvalue weighted by molar-refractivity contribution is 6.31. The predicted octanol–water partition coefficient (Wildman–Crippen LogP) is 4.63. The average Bonchev–Trinajstić information content (AvgIpc) is 2.98. The maximum atomic E-state index is 13.8. The first-order chi connectivity index (χ1) is 11.5. The summed E-state index contributed by atoms with van der Waals surface area (Å²) in [4.78, 5) is 12.3. The van der Waals surface area contributed by atoms with Gasteiger partial charge in [-0.3, -0.25) is 4.79 Å². The molecule has 122 valence electrons. The number of nitrogens with one attached hydrogen (secondary N) is 1. The number of nitrogens with zero attached hydrogens (tertiary/aromatic N) is 2. The molecule has 7 heteroatoms. The Bertz CT molecular complexity index is 878. The normalized spacial score (nSPS) is 10.6. The lowest BCUT2D eigenvalue weighted by molar-refractivity contribution is 0.102. The first kappa shape index (κ1) is 16.5. The number of carbonyl (C=O) groups excluding carboxylic acids is 1. The number of aromatic nitrogens is 2. The highest BCUT2D eigenvalue weighted by atomic mass is 35.5. The van der Waals surface area contributed by atoms with E-state index in [-0.39, 0.29) is 10.6 Å². The molecule has 0 aliphatic heterocycles. The molecule has 1 heterocycles. The van der Waals surface area contributed by atoms with Crippen LogP contribution in [0.4, 0.5) is 10.2 Å². The molecule has 0 fully saturated rings. The van der Waals surface area contributed by atoms with E-state index >= 15 is 0 Å². The lowest BCUT2D eigenvalue weighted by atomic mass is 10.2. The molecule has 0 atom stereocenters. The van der Waals surface area contributed by atoms with Crippen LogP contribution in [0, 0.1) is 5.82 Å². The monoisotopic (exact) mass is 363 g/mol. The molecular formula is C17H12Cl2FN3O. The Labute approximate surface area is 147 Å². The van der Waals surface area contributed by atoms with E-state index in [9.17, 15) is 9.18 Å². The number of amides is 1. The number of rotatable bonds is 4.